The zero-order valence-corrected chi connectivity index (χ0v) is 13.0. The summed E-state index contributed by atoms with van der Waals surface area (Å²) in [5.41, 5.74) is 2.90. The van der Waals surface area contributed by atoms with Crippen LogP contribution in [0.5, 0.6) is 0 Å². The summed E-state index contributed by atoms with van der Waals surface area (Å²) in [5.74, 6) is -0.577. The standard InChI is InChI=1S/C16H13N3O3S/c17-8-10-7-9(3-5-18-10)14-15-11(1-2-13(15)20)19-12-4-6-23(21,22)16(12)14/h3,5,7,14,19H,1-2,4,6H2. The SMILES string of the molecule is N#Cc1cc(C2C3=C(CCC3=O)NC3=C2S(=O)(=O)CC3)ccn1. The highest BCUT2D eigenvalue weighted by Gasteiger charge is 2.45. The van der Waals surface area contributed by atoms with Crippen molar-refractivity contribution in [2.75, 3.05) is 5.75 Å². The number of hydrogen-bond donors (Lipinski definition) is 1. The van der Waals surface area contributed by atoms with E-state index in [4.69, 9.17) is 5.26 Å². The van der Waals surface area contributed by atoms with E-state index < -0.39 is 15.8 Å². The number of sulfone groups is 1. The highest BCUT2D eigenvalue weighted by molar-refractivity contribution is 7.95. The minimum absolute atomic E-state index is 0.0264. The molecule has 1 atom stereocenters. The van der Waals surface area contributed by atoms with Crippen LogP contribution in [0.4, 0.5) is 0 Å². The second-order valence-electron chi connectivity index (χ2n) is 5.87. The highest BCUT2D eigenvalue weighted by atomic mass is 32.2. The molecule has 3 aliphatic rings. The Bertz CT molecular complexity index is 951. The van der Waals surface area contributed by atoms with E-state index in [-0.39, 0.29) is 17.2 Å². The van der Waals surface area contributed by atoms with Crippen LogP contribution in [0, 0.1) is 11.3 Å². The van der Waals surface area contributed by atoms with Gasteiger partial charge in [0.05, 0.1) is 16.6 Å². The van der Waals surface area contributed by atoms with Crippen molar-refractivity contribution in [3.05, 3.63) is 51.5 Å². The Morgan fingerprint density at radius 1 is 1.26 bits per heavy atom. The Labute approximate surface area is 133 Å². The number of rotatable bonds is 1. The fourth-order valence-corrected chi connectivity index (χ4v) is 5.43. The number of carbonyl (C=O) groups is 1. The molecule has 0 radical (unpaired) electrons. The molecule has 0 saturated heterocycles. The molecule has 0 aromatic carbocycles. The summed E-state index contributed by atoms with van der Waals surface area (Å²) in [4.78, 5) is 16.6. The summed E-state index contributed by atoms with van der Waals surface area (Å²) < 4.78 is 25.0. The van der Waals surface area contributed by atoms with Gasteiger partial charge in [0.25, 0.3) is 0 Å². The molecule has 0 fully saturated rings. The van der Waals surface area contributed by atoms with Gasteiger partial charge in [0, 0.05) is 36.0 Å². The average molecular weight is 327 g/mol. The van der Waals surface area contributed by atoms with E-state index in [0.717, 1.165) is 5.70 Å². The molecule has 0 saturated carbocycles. The van der Waals surface area contributed by atoms with Gasteiger partial charge in [-0.05, 0) is 24.1 Å². The van der Waals surface area contributed by atoms with E-state index in [1.54, 1.807) is 12.1 Å². The first kappa shape index (κ1) is 14.2. The molecule has 0 bridgehead atoms. The molecular formula is C16H13N3O3S. The number of nitrogens with zero attached hydrogens (tertiary/aromatic N) is 2. The fraction of sp³-hybridized carbons (Fsp3) is 0.312. The number of pyridine rings is 1. The molecule has 7 heteroatoms. The van der Waals surface area contributed by atoms with Crippen molar-refractivity contribution in [3.8, 4) is 6.07 Å². The zero-order chi connectivity index (χ0) is 16.2. The maximum absolute atomic E-state index is 12.5. The second kappa shape index (κ2) is 4.77. The Hall–Kier alpha value is -2.46. The lowest BCUT2D eigenvalue weighted by molar-refractivity contribution is -0.115. The third-order valence-corrected chi connectivity index (χ3v) is 6.46. The Kier molecular flexibility index (Phi) is 2.93. The van der Waals surface area contributed by atoms with Gasteiger partial charge in [-0.3, -0.25) is 4.79 Å². The van der Waals surface area contributed by atoms with Crippen LogP contribution in [0.3, 0.4) is 0 Å². The van der Waals surface area contributed by atoms with Gasteiger partial charge in [-0.2, -0.15) is 5.26 Å². The molecule has 0 spiro atoms. The van der Waals surface area contributed by atoms with E-state index in [1.807, 2.05) is 6.07 Å². The molecule has 3 heterocycles. The van der Waals surface area contributed by atoms with Crippen molar-refractivity contribution < 1.29 is 13.2 Å². The summed E-state index contributed by atoms with van der Waals surface area (Å²) in [6.07, 6.45) is 2.93. The first-order chi connectivity index (χ1) is 11.0. The van der Waals surface area contributed by atoms with Gasteiger partial charge in [-0.25, -0.2) is 13.4 Å². The van der Waals surface area contributed by atoms with Gasteiger partial charge in [0.2, 0.25) is 0 Å². The zero-order valence-electron chi connectivity index (χ0n) is 12.2. The molecule has 116 valence electrons. The van der Waals surface area contributed by atoms with Crippen LogP contribution < -0.4 is 5.32 Å². The predicted molar refractivity (Wildman–Crippen MR) is 81.5 cm³/mol. The quantitative estimate of drug-likeness (QED) is 0.834. The fourth-order valence-electron chi connectivity index (χ4n) is 3.60. The maximum Gasteiger partial charge on any atom is 0.177 e. The van der Waals surface area contributed by atoms with Gasteiger partial charge >= 0.3 is 0 Å². The van der Waals surface area contributed by atoms with Crippen LogP contribution >= 0.6 is 0 Å². The number of ketones is 1. The van der Waals surface area contributed by atoms with Gasteiger partial charge in [0.1, 0.15) is 11.8 Å². The van der Waals surface area contributed by atoms with Crippen molar-refractivity contribution in [2.45, 2.75) is 25.2 Å². The summed E-state index contributed by atoms with van der Waals surface area (Å²) in [6.45, 7) is 0. The van der Waals surface area contributed by atoms with E-state index in [0.29, 0.717) is 41.0 Å². The molecular weight excluding hydrogens is 314 g/mol. The first-order valence-corrected chi connectivity index (χ1v) is 9.01. The third kappa shape index (κ3) is 2.02. The Balaban J connectivity index is 1.96. The molecule has 1 aliphatic carbocycles. The van der Waals surface area contributed by atoms with Crippen LogP contribution in [-0.4, -0.2) is 24.9 Å². The number of allylic oxidation sites excluding steroid dienone is 4. The second-order valence-corrected chi connectivity index (χ2v) is 7.95. The first-order valence-electron chi connectivity index (χ1n) is 7.36. The smallest absolute Gasteiger partial charge is 0.177 e. The minimum atomic E-state index is -3.40. The molecule has 1 aromatic rings. The van der Waals surface area contributed by atoms with Gasteiger partial charge in [-0.1, -0.05) is 0 Å². The molecule has 1 aromatic heterocycles. The minimum Gasteiger partial charge on any atom is -0.361 e. The monoisotopic (exact) mass is 327 g/mol. The summed E-state index contributed by atoms with van der Waals surface area (Å²) in [5, 5.41) is 12.2. The van der Waals surface area contributed by atoms with Crippen LogP contribution in [0.1, 0.15) is 36.4 Å². The largest absolute Gasteiger partial charge is 0.361 e. The van der Waals surface area contributed by atoms with E-state index in [1.165, 1.54) is 6.20 Å². The lowest BCUT2D eigenvalue weighted by Crippen LogP contribution is -2.26. The van der Waals surface area contributed by atoms with Crippen LogP contribution in [0.25, 0.3) is 0 Å². The van der Waals surface area contributed by atoms with E-state index in [2.05, 4.69) is 10.3 Å². The van der Waals surface area contributed by atoms with Crippen LogP contribution in [-0.2, 0) is 14.6 Å². The lowest BCUT2D eigenvalue weighted by atomic mass is 9.86. The average Bonchev–Trinajstić information content (AvgIpc) is 3.06. The number of aromatic nitrogens is 1. The number of hydrogen-bond acceptors (Lipinski definition) is 6. The van der Waals surface area contributed by atoms with E-state index in [9.17, 15) is 13.2 Å². The predicted octanol–water partition coefficient (Wildman–Crippen LogP) is 1.29. The topological polar surface area (TPSA) is 99.9 Å². The van der Waals surface area contributed by atoms with E-state index >= 15 is 0 Å². The molecule has 1 unspecified atom stereocenters. The number of Topliss-reactive ketones (excluding diaryl/α,β-unsaturated/α-hetero) is 1. The Morgan fingerprint density at radius 3 is 2.87 bits per heavy atom. The lowest BCUT2D eigenvalue weighted by Gasteiger charge is -2.27. The van der Waals surface area contributed by atoms with Crippen molar-refractivity contribution in [1.82, 2.24) is 10.3 Å². The molecule has 2 aliphatic heterocycles. The Morgan fingerprint density at radius 2 is 2.09 bits per heavy atom. The van der Waals surface area contributed by atoms with Gasteiger partial charge in [0.15, 0.2) is 15.6 Å². The van der Waals surface area contributed by atoms with Crippen molar-refractivity contribution in [3.63, 3.8) is 0 Å². The summed E-state index contributed by atoms with van der Waals surface area (Å²) in [6, 6.07) is 5.22. The number of nitriles is 1. The van der Waals surface area contributed by atoms with Crippen LogP contribution in [0.2, 0.25) is 0 Å². The molecule has 0 amide bonds. The summed E-state index contributed by atoms with van der Waals surface area (Å²) in [7, 11) is -3.40. The number of nitrogens with one attached hydrogen (secondary N) is 1. The van der Waals surface area contributed by atoms with Crippen molar-refractivity contribution in [2.24, 2.45) is 0 Å². The van der Waals surface area contributed by atoms with Crippen molar-refractivity contribution in [1.29, 1.82) is 5.26 Å². The molecule has 4 rings (SSSR count). The van der Waals surface area contributed by atoms with Gasteiger partial charge in [-0.15, -0.1) is 0 Å². The van der Waals surface area contributed by atoms with Gasteiger partial charge < -0.3 is 5.32 Å². The molecule has 23 heavy (non-hydrogen) atoms. The molecule has 1 N–H and O–H groups in total. The van der Waals surface area contributed by atoms with Crippen LogP contribution in [0.15, 0.2) is 40.2 Å². The number of dihydropyridines is 1. The maximum atomic E-state index is 12.5. The molecule has 6 nitrogen and oxygen atoms in total. The normalized spacial score (nSPS) is 25.0. The highest BCUT2D eigenvalue weighted by Crippen LogP contribution is 2.47. The third-order valence-electron chi connectivity index (χ3n) is 4.57. The number of carbonyl (C=O) groups excluding carboxylic acids is 1. The van der Waals surface area contributed by atoms with Crippen molar-refractivity contribution >= 4 is 15.6 Å². The summed E-state index contributed by atoms with van der Waals surface area (Å²) >= 11 is 0.